The summed E-state index contributed by atoms with van der Waals surface area (Å²) in [7, 11) is 1.61. The summed E-state index contributed by atoms with van der Waals surface area (Å²) >= 11 is 5.94. The van der Waals surface area contributed by atoms with Crippen molar-refractivity contribution in [2.24, 2.45) is 0 Å². The molecule has 2 aliphatic heterocycles. The molecule has 2 amide bonds. The van der Waals surface area contributed by atoms with E-state index >= 15 is 0 Å². The van der Waals surface area contributed by atoms with Crippen molar-refractivity contribution in [2.45, 2.75) is 25.4 Å². The Labute approximate surface area is 219 Å². The first-order chi connectivity index (χ1) is 18.0. The SMILES string of the molecule is COc1cc2ncnc(Nc3ccc(F)c(Cl)c3)c2cc1OC1CCN(CCCN2CCNC2=O)CC1. The summed E-state index contributed by atoms with van der Waals surface area (Å²) < 4.78 is 25.6. The number of ether oxygens (including phenoxy) is 2. The number of urea groups is 1. The molecule has 37 heavy (non-hydrogen) atoms. The number of anilines is 2. The molecule has 2 aromatic carbocycles. The van der Waals surface area contributed by atoms with Gasteiger partial charge in [-0.15, -0.1) is 0 Å². The van der Waals surface area contributed by atoms with Crippen molar-refractivity contribution >= 4 is 40.0 Å². The van der Waals surface area contributed by atoms with Gasteiger partial charge in [0.05, 0.1) is 17.6 Å². The minimum absolute atomic E-state index is 0.0296. The van der Waals surface area contributed by atoms with Crippen LogP contribution in [-0.2, 0) is 0 Å². The first-order valence-corrected chi connectivity index (χ1v) is 12.8. The highest BCUT2D eigenvalue weighted by Gasteiger charge is 2.24. The molecule has 2 aliphatic rings. The topological polar surface area (TPSA) is 91.9 Å². The zero-order valence-electron chi connectivity index (χ0n) is 20.7. The van der Waals surface area contributed by atoms with E-state index in [0.29, 0.717) is 28.5 Å². The third-order valence-corrected chi connectivity index (χ3v) is 7.07. The average Bonchev–Trinajstić information content (AvgIpc) is 3.31. The van der Waals surface area contributed by atoms with Crippen molar-refractivity contribution in [3.05, 3.63) is 47.5 Å². The average molecular weight is 529 g/mol. The lowest BCUT2D eigenvalue weighted by Gasteiger charge is -2.32. The minimum atomic E-state index is -0.481. The number of benzene rings is 2. The molecule has 0 spiro atoms. The van der Waals surface area contributed by atoms with Gasteiger partial charge in [-0.25, -0.2) is 19.2 Å². The van der Waals surface area contributed by atoms with Gasteiger partial charge in [-0.05, 0) is 50.1 Å². The Bertz CT molecular complexity index is 1270. The number of fused-ring (bicyclic) bond motifs is 1. The fraction of sp³-hybridized carbons (Fsp3) is 0.423. The molecular formula is C26H30ClFN6O3. The van der Waals surface area contributed by atoms with E-state index in [9.17, 15) is 9.18 Å². The Balaban J connectivity index is 1.23. The van der Waals surface area contributed by atoms with Crippen LogP contribution in [-0.4, -0.2) is 78.3 Å². The number of hydrogen-bond donors (Lipinski definition) is 2. The maximum atomic E-state index is 13.6. The number of amides is 2. The fourth-order valence-corrected chi connectivity index (χ4v) is 4.95. The third kappa shape index (κ3) is 5.97. The standard InChI is InChI=1S/C26H30ClFN6O3/c1-36-23-15-22-19(25(31-16-30-22)32-17-3-4-21(28)20(27)13-17)14-24(23)37-18-5-10-33(11-6-18)8-2-9-34-12-7-29-26(34)35/h3-4,13-16,18H,2,5-12H2,1H3,(H,29,35)(H,30,31,32). The molecule has 9 nitrogen and oxygen atoms in total. The quantitative estimate of drug-likeness (QED) is 0.424. The zero-order valence-corrected chi connectivity index (χ0v) is 21.4. The summed E-state index contributed by atoms with van der Waals surface area (Å²) in [5, 5.41) is 6.82. The minimum Gasteiger partial charge on any atom is -0.493 e. The molecule has 0 atom stereocenters. The molecule has 196 valence electrons. The van der Waals surface area contributed by atoms with E-state index < -0.39 is 5.82 Å². The highest BCUT2D eigenvalue weighted by atomic mass is 35.5. The molecule has 2 fully saturated rings. The van der Waals surface area contributed by atoms with Crippen LogP contribution in [0.4, 0.5) is 20.7 Å². The van der Waals surface area contributed by atoms with E-state index in [-0.39, 0.29) is 17.2 Å². The van der Waals surface area contributed by atoms with Crippen LogP contribution in [0, 0.1) is 5.82 Å². The molecule has 0 radical (unpaired) electrons. The van der Waals surface area contributed by atoms with Crippen LogP contribution in [0.1, 0.15) is 19.3 Å². The summed E-state index contributed by atoms with van der Waals surface area (Å²) in [4.78, 5) is 24.7. The highest BCUT2D eigenvalue weighted by molar-refractivity contribution is 6.31. The summed E-state index contributed by atoms with van der Waals surface area (Å²) in [5.74, 6) is 1.31. The predicted molar refractivity (Wildman–Crippen MR) is 140 cm³/mol. The molecule has 0 unspecified atom stereocenters. The number of carbonyl (C=O) groups excluding carboxylic acids is 1. The van der Waals surface area contributed by atoms with Crippen molar-refractivity contribution < 1.29 is 18.7 Å². The molecule has 3 aromatic rings. The van der Waals surface area contributed by atoms with Crippen LogP contribution in [0.3, 0.4) is 0 Å². The number of nitrogens with one attached hydrogen (secondary N) is 2. The number of piperidine rings is 1. The number of hydrogen-bond acceptors (Lipinski definition) is 7. The molecular weight excluding hydrogens is 499 g/mol. The van der Waals surface area contributed by atoms with E-state index in [4.69, 9.17) is 21.1 Å². The van der Waals surface area contributed by atoms with Gasteiger partial charge in [0.2, 0.25) is 0 Å². The second-order valence-electron chi connectivity index (χ2n) is 9.23. The number of methoxy groups -OCH3 is 1. The Morgan fingerprint density at radius 2 is 1.97 bits per heavy atom. The number of aromatic nitrogens is 2. The van der Waals surface area contributed by atoms with Gasteiger partial charge in [0.25, 0.3) is 0 Å². The molecule has 3 heterocycles. The van der Waals surface area contributed by atoms with E-state index in [1.807, 2.05) is 17.0 Å². The zero-order chi connectivity index (χ0) is 25.8. The van der Waals surface area contributed by atoms with Crippen LogP contribution >= 0.6 is 11.6 Å². The van der Waals surface area contributed by atoms with Gasteiger partial charge < -0.3 is 29.9 Å². The first kappa shape index (κ1) is 25.3. The Kier molecular flexibility index (Phi) is 7.76. The van der Waals surface area contributed by atoms with Gasteiger partial charge in [-0.3, -0.25) is 0 Å². The van der Waals surface area contributed by atoms with Crippen molar-refractivity contribution in [2.75, 3.05) is 51.7 Å². The third-order valence-electron chi connectivity index (χ3n) is 6.78. The lowest BCUT2D eigenvalue weighted by Crippen LogP contribution is -2.40. The van der Waals surface area contributed by atoms with E-state index in [1.165, 1.54) is 18.5 Å². The fourth-order valence-electron chi connectivity index (χ4n) is 4.77. The van der Waals surface area contributed by atoms with Gasteiger partial charge in [0.15, 0.2) is 11.5 Å². The maximum Gasteiger partial charge on any atom is 0.317 e. The summed E-state index contributed by atoms with van der Waals surface area (Å²) in [6.07, 6.45) is 4.28. The van der Waals surface area contributed by atoms with Gasteiger partial charge in [-0.2, -0.15) is 0 Å². The number of likely N-dealkylation sites (tertiary alicyclic amines) is 1. The van der Waals surface area contributed by atoms with Crippen LogP contribution in [0.2, 0.25) is 5.02 Å². The van der Waals surface area contributed by atoms with Crippen molar-refractivity contribution in [1.29, 1.82) is 0 Å². The number of carbonyl (C=O) groups is 1. The second kappa shape index (κ2) is 11.4. The van der Waals surface area contributed by atoms with Gasteiger partial charge >= 0.3 is 6.03 Å². The largest absolute Gasteiger partial charge is 0.493 e. The summed E-state index contributed by atoms with van der Waals surface area (Å²) in [5.41, 5.74) is 1.30. The Hall–Kier alpha value is -3.37. The van der Waals surface area contributed by atoms with E-state index in [2.05, 4.69) is 25.5 Å². The van der Waals surface area contributed by atoms with E-state index in [1.54, 1.807) is 13.2 Å². The summed E-state index contributed by atoms with van der Waals surface area (Å²) in [6, 6.07) is 8.18. The lowest BCUT2D eigenvalue weighted by molar-refractivity contribution is 0.0963. The molecule has 2 saturated heterocycles. The molecule has 11 heteroatoms. The van der Waals surface area contributed by atoms with Crippen LogP contribution in [0.5, 0.6) is 11.5 Å². The Morgan fingerprint density at radius 3 is 2.70 bits per heavy atom. The molecule has 5 rings (SSSR count). The van der Waals surface area contributed by atoms with Crippen molar-refractivity contribution in [3.8, 4) is 11.5 Å². The maximum absolute atomic E-state index is 13.6. The van der Waals surface area contributed by atoms with Crippen molar-refractivity contribution in [3.63, 3.8) is 0 Å². The molecule has 0 aliphatic carbocycles. The lowest BCUT2D eigenvalue weighted by atomic mass is 10.1. The second-order valence-corrected chi connectivity index (χ2v) is 9.63. The Morgan fingerprint density at radius 1 is 1.14 bits per heavy atom. The van der Waals surface area contributed by atoms with Gasteiger partial charge in [0, 0.05) is 49.9 Å². The smallest absolute Gasteiger partial charge is 0.317 e. The van der Waals surface area contributed by atoms with E-state index in [0.717, 1.165) is 63.9 Å². The molecule has 2 N–H and O–H groups in total. The monoisotopic (exact) mass is 528 g/mol. The molecule has 1 aromatic heterocycles. The number of nitrogens with zero attached hydrogens (tertiary/aromatic N) is 4. The molecule has 0 bridgehead atoms. The first-order valence-electron chi connectivity index (χ1n) is 12.5. The highest BCUT2D eigenvalue weighted by Crippen LogP contribution is 2.36. The van der Waals surface area contributed by atoms with Gasteiger partial charge in [0.1, 0.15) is 24.1 Å². The van der Waals surface area contributed by atoms with Crippen LogP contribution in [0.25, 0.3) is 10.9 Å². The summed E-state index contributed by atoms with van der Waals surface area (Å²) in [6.45, 7) is 5.17. The van der Waals surface area contributed by atoms with Crippen molar-refractivity contribution in [1.82, 2.24) is 25.1 Å². The number of rotatable bonds is 9. The normalized spacial score (nSPS) is 16.7. The number of halogens is 2. The van der Waals surface area contributed by atoms with Gasteiger partial charge in [-0.1, -0.05) is 11.6 Å². The molecule has 0 saturated carbocycles. The van der Waals surface area contributed by atoms with Crippen LogP contribution < -0.4 is 20.1 Å². The van der Waals surface area contributed by atoms with Crippen LogP contribution in [0.15, 0.2) is 36.7 Å². The predicted octanol–water partition coefficient (Wildman–Crippen LogP) is 4.43.